The van der Waals surface area contributed by atoms with Crippen molar-refractivity contribution in [3.8, 4) is 0 Å². The molecule has 1 rings (SSSR count). The first-order valence-corrected chi connectivity index (χ1v) is 3.60. The molecule has 0 aliphatic carbocycles. The predicted molar refractivity (Wildman–Crippen MR) is 39.5 cm³/mol. The first-order valence-electron chi connectivity index (χ1n) is 3.60. The van der Waals surface area contributed by atoms with Gasteiger partial charge in [-0.05, 0) is 6.92 Å². The highest BCUT2D eigenvalue weighted by molar-refractivity contribution is 5.83. The number of nitrogens with one attached hydrogen (secondary N) is 1. The van der Waals surface area contributed by atoms with Gasteiger partial charge in [-0.1, -0.05) is 0 Å². The monoisotopic (exact) mass is 173 g/mol. The van der Waals surface area contributed by atoms with Crippen molar-refractivity contribution < 1.29 is 19.1 Å². The van der Waals surface area contributed by atoms with E-state index in [1.54, 1.807) is 6.92 Å². The normalized spacial score (nSPS) is 20.7. The molecule has 0 aromatic carbocycles. The van der Waals surface area contributed by atoms with Crippen LogP contribution in [0.4, 0.5) is 4.79 Å². The smallest absolute Gasteiger partial charge is 0.433 e. The van der Waals surface area contributed by atoms with Gasteiger partial charge in [0.2, 0.25) is 5.91 Å². The molecule has 12 heavy (non-hydrogen) atoms. The van der Waals surface area contributed by atoms with E-state index in [9.17, 15) is 9.59 Å². The van der Waals surface area contributed by atoms with Crippen LogP contribution in [-0.2, 0) is 14.3 Å². The second kappa shape index (κ2) is 3.00. The second-order valence-corrected chi connectivity index (χ2v) is 2.97. The van der Waals surface area contributed by atoms with Crippen molar-refractivity contribution in [1.82, 2.24) is 5.32 Å². The fourth-order valence-corrected chi connectivity index (χ4v) is 0.953. The lowest BCUT2D eigenvalue weighted by Gasteiger charge is -2.29. The van der Waals surface area contributed by atoms with E-state index >= 15 is 0 Å². The summed E-state index contributed by atoms with van der Waals surface area (Å²) in [7, 11) is 1.53. The summed E-state index contributed by atoms with van der Waals surface area (Å²) in [4.78, 5) is 21.7. The minimum absolute atomic E-state index is 0.0749. The molecule has 68 valence electrons. The van der Waals surface area contributed by atoms with Crippen LogP contribution in [0.15, 0.2) is 0 Å². The predicted octanol–water partition coefficient (Wildman–Crippen LogP) is -0.0945. The van der Waals surface area contributed by atoms with Crippen LogP contribution in [-0.4, -0.2) is 32.3 Å². The number of hydrogen-bond acceptors (Lipinski definition) is 4. The van der Waals surface area contributed by atoms with Crippen LogP contribution in [0.5, 0.6) is 0 Å². The van der Waals surface area contributed by atoms with Crippen LogP contribution < -0.4 is 5.32 Å². The van der Waals surface area contributed by atoms with Crippen molar-refractivity contribution in [2.75, 3.05) is 20.3 Å². The Balaban J connectivity index is 2.61. The number of carbonyl (C=O) groups is 2. The molecule has 0 aromatic rings. The number of carbonyl (C=O) groups excluding carboxylic acids is 2. The fourth-order valence-electron chi connectivity index (χ4n) is 0.953. The molecule has 1 fully saturated rings. The van der Waals surface area contributed by atoms with Gasteiger partial charge in [-0.3, -0.25) is 4.79 Å². The van der Waals surface area contributed by atoms with Gasteiger partial charge in [0.15, 0.2) is 0 Å². The highest BCUT2D eigenvalue weighted by atomic mass is 16.7. The zero-order chi connectivity index (χ0) is 9.19. The van der Waals surface area contributed by atoms with Crippen molar-refractivity contribution in [2.45, 2.75) is 6.92 Å². The van der Waals surface area contributed by atoms with Gasteiger partial charge in [0.05, 0.1) is 0 Å². The maximum absolute atomic E-state index is 11.2. The summed E-state index contributed by atoms with van der Waals surface area (Å²) in [6.07, 6.45) is -0.712. The highest BCUT2D eigenvalue weighted by Gasteiger charge is 2.39. The Bertz CT molecular complexity index is 203. The summed E-state index contributed by atoms with van der Waals surface area (Å²) < 4.78 is 9.19. The third kappa shape index (κ3) is 1.49. The van der Waals surface area contributed by atoms with E-state index in [-0.39, 0.29) is 19.1 Å². The van der Waals surface area contributed by atoms with E-state index in [4.69, 9.17) is 0 Å². The van der Waals surface area contributed by atoms with Crippen LogP contribution in [0.2, 0.25) is 0 Å². The van der Waals surface area contributed by atoms with Gasteiger partial charge in [-0.25, -0.2) is 4.79 Å². The van der Waals surface area contributed by atoms with E-state index in [0.29, 0.717) is 0 Å². The maximum atomic E-state index is 11.2. The molecule has 0 unspecified atom stereocenters. The zero-order valence-corrected chi connectivity index (χ0v) is 7.05. The number of amides is 1. The van der Waals surface area contributed by atoms with Crippen LogP contribution in [0, 0.1) is 5.41 Å². The van der Waals surface area contributed by atoms with E-state index in [1.807, 2.05) is 0 Å². The lowest BCUT2D eigenvalue weighted by atomic mass is 9.91. The molecule has 1 heterocycles. The van der Waals surface area contributed by atoms with E-state index in [0.717, 1.165) is 0 Å². The van der Waals surface area contributed by atoms with Crippen LogP contribution in [0.1, 0.15) is 6.92 Å². The van der Waals surface area contributed by atoms with E-state index in [1.165, 1.54) is 7.05 Å². The molecular weight excluding hydrogens is 162 g/mol. The van der Waals surface area contributed by atoms with Gasteiger partial charge in [0.1, 0.15) is 18.6 Å². The summed E-state index contributed by atoms with van der Waals surface area (Å²) in [5.74, 6) is -0.185. The molecule has 0 saturated carbocycles. The van der Waals surface area contributed by atoms with E-state index in [2.05, 4.69) is 14.8 Å². The second-order valence-electron chi connectivity index (χ2n) is 2.97. The lowest BCUT2D eigenvalue weighted by molar-refractivity contribution is -0.140. The molecule has 1 aliphatic rings. The molecular formula is C7H11NO4. The zero-order valence-electron chi connectivity index (χ0n) is 7.05. The molecule has 0 spiro atoms. The molecule has 0 bridgehead atoms. The fraction of sp³-hybridized carbons (Fsp3) is 0.714. The minimum atomic E-state index is -0.747. The van der Waals surface area contributed by atoms with Gasteiger partial charge < -0.3 is 14.8 Å². The topological polar surface area (TPSA) is 64.6 Å². The molecule has 5 nitrogen and oxygen atoms in total. The van der Waals surface area contributed by atoms with Crippen molar-refractivity contribution in [2.24, 2.45) is 5.41 Å². The minimum Gasteiger partial charge on any atom is -0.433 e. The lowest BCUT2D eigenvalue weighted by Crippen LogP contribution is -2.47. The Morgan fingerprint density at radius 3 is 2.42 bits per heavy atom. The standard InChI is InChI=1S/C7H11NO4/c1-7(5(9)8-2)3-11-6(10)12-4-7/h3-4H2,1-2H3,(H,8,9). The molecule has 1 amide bonds. The van der Waals surface area contributed by atoms with Crippen molar-refractivity contribution >= 4 is 12.1 Å². The summed E-state index contributed by atoms with van der Waals surface area (Å²) in [6.45, 7) is 1.83. The molecule has 1 N–H and O–H groups in total. The quantitative estimate of drug-likeness (QED) is 0.562. The Morgan fingerprint density at radius 1 is 1.50 bits per heavy atom. The Morgan fingerprint density at radius 2 is 2.00 bits per heavy atom. The van der Waals surface area contributed by atoms with Crippen LogP contribution in [0.25, 0.3) is 0 Å². The van der Waals surface area contributed by atoms with Crippen molar-refractivity contribution in [1.29, 1.82) is 0 Å². The van der Waals surface area contributed by atoms with Crippen molar-refractivity contribution in [3.63, 3.8) is 0 Å². The van der Waals surface area contributed by atoms with Gasteiger partial charge >= 0.3 is 6.16 Å². The third-order valence-corrected chi connectivity index (χ3v) is 1.79. The summed E-state index contributed by atoms with van der Waals surface area (Å²) in [5.41, 5.74) is -0.747. The molecule has 0 atom stereocenters. The van der Waals surface area contributed by atoms with Gasteiger partial charge in [-0.15, -0.1) is 0 Å². The van der Waals surface area contributed by atoms with E-state index < -0.39 is 11.6 Å². The first-order chi connectivity index (χ1) is 5.58. The molecule has 1 saturated heterocycles. The number of hydrogen-bond donors (Lipinski definition) is 1. The average Bonchev–Trinajstić information content (AvgIpc) is 2.09. The van der Waals surface area contributed by atoms with Gasteiger partial charge in [0.25, 0.3) is 0 Å². The first kappa shape index (κ1) is 8.83. The van der Waals surface area contributed by atoms with Gasteiger partial charge in [-0.2, -0.15) is 0 Å². The maximum Gasteiger partial charge on any atom is 0.508 e. The third-order valence-electron chi connectivity index (χ3n) is 1.79. The molecule has 5 heteroatoms. The molecule has 0 aromatic heterocycles. The average molecular weight is 173 g/mol. The number of rotatable bonds is 1. The SMILES string of the molecule is CNC(=O)C1(C)COC(=O)OC1. The Kier molecular flexibility index (Phi) is 2.21. The highest BCUT2D eigenvalue weighted by Crippen LogP contribution is 2.21. The number of ether oxygens (including phenoxy) is 2. The van der Waals surface area contributed by atoms with Crippen molar-refractivity contribution in [3.05, 3.63) is 0 Å². The van der Waals surface area contributed by atoms with Gasteiger partial charge in [0, 0.05) is 7.05 Å². The molecule has 1 aliphatic heterocycles. The Labute approximate surface area is 70.0 Å². The summed E-state index contributed by atoms with van der Waals surface area (Å²) >= 11 is 0. The summed E-state index contributed by atoms with van der Waals surface area (Å²) in [5, 5.41) is 2.48. The molecule has 0 radical (unpaired) electrons. The Hall–Kier alpha value is -1.26. The van der Waals surface area contributed by atoms with Crippen LogP contribution >= 0.6 is 0 Å². The largest absolute Gasteiger partial charge is 0.508 e. The van der Waals surface area contributed by atoms with Crippen LogP contribution in [0.3, 0.4) is 0 Å². The number of cyclic esters (lactones) is 2. The summed E-state index contributed by atoms with van der Waals surface area (Å²) in [6, 6.07) is 0.